The number of nitrogens with zero attached hydrogens (tertiary/aromatic N) is 2. The first kappa shape index (κ1) is 15.7. The van der Waals surface area contributed by atoms with Crippen LogP contribution in [0.3, 0.4) is 0 Å². The Bertz CT molecular complexity index is 473. The number of benzene rings is 1. The molecule has 1 aromatic rings. The second-order valence-corrected chi connectivity index (χ2v) is 5.73. The maximum atomic E-state index is 5.39. The quantitative estimate of drug-likeness (QED) is 0.683. The van der Waals surface area contributed by atoms with E-state index in [2.05, 4.69) is 34.3 Å². The molecule has 0 spiro atoms. The Balaban J connectivity index is 1.86. The Morgan fingerprint density at radius 2 is 2.24 bits per heavy atom. The van der Waals surface area contributed by atoms with Crippen molar-refractivity contribution >= 4 is 5.96 Å². The van der Waals surface area contributed by atoms with Crippen LogP contribution in [-0.2, 0) is 6.42 Å². The highest BCUT2D eigenvalue weighted by Gasteiger charge is 2.18. The number of likely N-dealkylation sites (tertiary alicyclic amines) is 1. The Hall–Kier alpha value is -1.71. The van der Waals surface area contributed by atoms with Gasteiger partial charge in [0.05, 0.1) is 7.11 Å². The van der Waals surface area contributed by atoms with Crippen molar-refractivity contribution in [2.75, 3.05) is 33.8 Å². The third-order valence-electron chi connectivity index (χ3n) is 4.04. The molecule has 1 aliphatic rings. The van der Waals surface area contributed by atoms with Gasteiger partial charge < -0.3 is 15.0 Å². The summed E-state index contributed by atoms with van der Waals surface area (Å²) in [5.74, 6) is 2.74. The molecule has 0 saturated carbocycles. The molecular formula is C17H27N3O. The first-order valence-corrected chi connectivity index (χ1v) is 7.82. The predicted molar refractivity (Wildman–Crippen MR) is 88.0 cm³/mol. The topological polar surface area (TPSA) is 36.9 Å². The van der Waals surface area contributed by atoms with Crippen LogP contribution in [0.15, 0.2) is 29.3 Å². The molecule has 1 aromatic carbocycles. The van der Waals surface area contributed by atoms with Crippen LogP contribution in [-0.4, -0.2) is 44.7 Å². The number of para-hydroxylation sites is 1. The number of aliphatic imine (C=N–C) groups is 1. The molecule has 1 fully saturated rings. The average Bonchev–Trinajstić information content (AvgIpc) is 2.52. The van der Waals surface area contributed by atoms with Crippen molar-refractivity contribution in [1.29, 1.82) is 0 Å². The lowest BCUT2D eigenvalue weighted by Gasteiger charge is -2.33. The zero-order valence-corrected chi connectivity index (χ0v) is 13.4. The maximum absolute atomic E-state index is 5.39. The van der Waals surface area contributed by atoms with Crippen LogP contribution in [0.1, 0.15) is 25.3 Å². The zero-order chi connectivity index (χ0) is 15.1. The van der Waals surface area contributed by atoms with Gasteiger partial charge in [-0.2, -0.15) is 0 Å². The lowest BCUT2D eigenvalue weighted by atomic mass is 10.0. The number of ether oxygens (including phenoxy) is 1. The van der Waals surface area contributed by atoms with Crippen LogP contribution >= 0.6 is 0 Å². The molecule has 2 rings (SSSR count). The molecular weight excluding hydrogens is 262 g/mol. The first-order chi connectivity index (χ1) is 10.2. The molecule has 1 unspecified atom stereocenters. The summed E-state index contributed by atoms with van der Waals surface area (Å²) < 4.78 is 5.39. The average molecular weight is 289 g/mol. The van der Waals surface area contributed by atoms with E-state index in [0.29, 0.717) is 0 Å². The SMILES string of the molecule is CN=C(NCCc1ccccc1OC)N1CCCC(C)C1. The van der Waals surface area contributed by atoms with Gasteiger partial charge in [-0.3, -0.25) is 4.99 Å². The second-order valence-electron chi connectivity index (χ2n) is 5.73. The summed E-state index contributed by atoms with van der Waals surface area (Å²) in [6.45, 7) is 5.40. The van der Waals surface area contributed by atoms with Gasteiger partial charge in [-0.1, -0.05) is 25.1 Å². The third kappa shape index (κ3) is 4.38. The van der Waals surface area contributed by atoms with E-state index >= 15 is 0 Å². The Kier molecular flexibility index (Phi) is 5.90. The minimum atomic E-state index is 0.756. The molecule has 1 aliphatic heterocycles. The molecule has 0 radical (unpaired) electrons. The lowest BCUT2D eigenvalue weighted by Crippen LogP contribution is -2.46. The van der Waals surface area contributed by atoms with E-state index in [1.165, 1.54) is 18.4 Å². The van der Waals surface area contributed by atoms with Gasteiger partial charge in [-0.05, 0) is 36.8 Å². The third-order valence-corrected chi connectivity index (χ3v) is 4.04. The van der Waals surface area contributed by atoms with Crippen LogP contribution < -0.4 is 10.1 Å². The second kappa shape index (κ2) is 7.91. The number of rotatable bonds is 4. The molecule has 4 nitrogen and oxygen atoms in total. The number of piperidine rings is 1. The van der Waals surface area contributed by atoms with Crippen molar-refractivity contribution in [3.8, 4) is 5.75 Å². The zero-order valence-electron chi connectivity index (χ0n) is 13.4. The molecule has 0 aromatic heterocycles. The smallest absolute Gasteiger partial charge is 0.193 e. The maximum Gasteiger partial charge on any atom is 0.193 e. The molecule has 1 N–H and O–H groups in total. The first-order valence-electron chi connectivity index (χ1n) is 7.82. The minimum Gasteiger partial charge on any atom is -0.496 e. The summed E-state index contributed by atoms with van der Waals surface area (Å²) in [7, 11) is 3.59. The van der Waals surface area contributed by atoms with Gasteiger partial charge in [0.25, 0.3) is 0 Å². The fourth-order valence-corrected chi connectivity index (χ4v) is 2.93. The molecule has 0 amide bonds. The van der Waals surface area contributed by atoms with Crippen LogP contribution in [0.2, 0.25) is 0 Å². The molecule has 0 aliphatic carbocycles. The lowest BCUT2D eigenvalue weighted by molar-refractivity contribution is 0.266. The highest BCUT2D eigenvalue weighted by Crippen LogP contribution is 2.18. The van der Waals surface area contributed by atoms with Gasteiger partial charge in [0.2, 0.25) is 0 Å². The predicted octanol–water partition coefficient (Wildman–Crippen LogP) is 2.55. The van der Waals surface area contributed by atoms with Crippen LogP contribution in [0.4, 0.5) is 0 Å². The van der Waals surface area contributed by atoms with Crippen molar-refractivity contribution in [3.63, 3.8) is 0 Å². The number of nitrogens with one attached hydrogen (secondary N) is 1. The number of methoxy groups -OCH3 is 1. The summed E-state index contributed by atoms with van der Waals surface area (Å²) in [5.41, 5.74) is 1.23. The van der Waals surface area contributed by atoms with Crippen molar-refractivity contribution in [2.24, 2.45) is 10.9 Å². The van der Waals surface area contributed by atoms with Gasteiger partial charge in [-0.15, -0.1) is 0 Å². The van der Waals surface area contributed by atoms with E-state index in [1.807, 2.05) is 19.2 Å². The standard InChI is InChI=1S/C17H27N3O/c1-14-7-6-12-20(13-14)17(18-2)19-11-10-15-8-4-5-9-16(15)21-3/h4-5,8-9,14H,6-7,10-13H2,1-3H3,(H,18,19). The normalized spacial score (nSPS) is 19.5. The van der Waals surface area contributed by atoms with Crippen LogP contribution in [0.5, 0.6) is 5.75 Å². The van der Waals surface area contributed by atoms with Gasteiger partial charge >= 0.3 is 0 Å². The van der Waals surface area contributed by atoms with E-state index in [9.17, 15) is 0 Å². The fraction of sp³-hybridized carbons (Fsp3) is 0.588. The van der Waals surface area contributed by atoms with E-state index in [0.717, 1.165) is 43.7 Å². The molecule has 21 heavy (non-hydrogen) atoms. The van der Waals surface area contributed by atoms with E-state index in [4.69, 9.17) is 4.74 Å². The van der Waals surface area contributed by atoms with Crippen LogP contribution in [0.25, 0.3) is 0 Å². The molecule has 1 atom stereocenters. The number of hydrogen-bond acceptors (Lipinski definition) is 2. The minimum absolute atomic E-state index is 0.756. The molecule has 116 valence electrons. The summed E-state index contributed by atoms with van der Waals surface area (Å²) in [6, 6.07) is 8.19. The number of guanidine groups is 1. The van der Waals surface area contributed by atoms with Gasteiger partial charge in [0.15, 0.2) is 5.96 Å². The summed E-state index contributed by atoms with van der Waals surface area (Å²) in [6.07, 6.45) is 3.52. The van der Waals surface area contributed by atoms with Gasteiger partial charge in [0, 0.05) is 26.7 Å². The van der Waals surface area contributed by atoms with Crippen molar-refractivity contribution in [3.05, 3.63) is 29.8 Å². The van der Waals surface area contributed by atoms with E-state index < -0.39 is 0 Å². The van der Waals surface area contributed by atoms with E-state index in [-0.39, 0.29) is 0 Å². The van der Waals surface area contributed by atoms with Gasteiger partial charge in [0.1, 0.15) is 5.75 Å². The highest BCUT2D eigenvalue weighted by molar-refractivity contribution is 5.80. The summed E-state index contributed by atoms with van der Waals surface area (Å²) in [4.78, 5) is 6.79. The highest BCUT2D eigenvalue weighted by atomic mass is 16.5. The van der Waals surface area contributed by atoms with Crippen molar-refractivity contribution in [2.45, 2.75) is 26.2 Å². The summed E-state index contributed by atoms with van der Waals surface area (Å²) >= 11 is 0. The Labute approximate surface area is 128 Å². The number of hydrogen-bond donors (Lipinski definition) is 1. The summed E-state index contributed by atoms with van der Waals surface area (Å²) in [5, 5.41) is 3.48. The van der Waals surface area contributed by atoms with Crippen molar-refractivity contribution < 1.29 is 4.74 Å². The molecule has 1 heterocycles. The fourth-order valence-electron chi connectivity index (χ4n) is 2.93. The Morgan fingerprint density at radius 3 is 2.95 bits per heavy atom. The largest absolute Gasteiger partial charge is 0.496 e. The molecule has 4 heteroatoms. The monoisotopic (exact) mass is 289 g/mol. The van der Waals surface area contributed by atoms with Crippen LogP contribution in [0, 0.1) is 5.92 Å². The Morgan fingerprint density at radius 1 is 1.43 bits per heavy atom. The molecule has 0 bridgehead atoms. The van der Waals surface area contributed by atoms with E-state index in [1.54, 1.807) is 7.11 Å². The van der Waals surface area contributed by atoms with Gasteiger partial charge in [-0.25, -0.2) is 0 Å². The molecule has 1 saturated heterocycles. The van der Waals surface area contributed by atoms with Crippen molar-refractivity contribution in [1.82, 2.24) is 10.2 Å².